The number of aliphatic hydroxyl groups is 2. The quantitative estimate of drug-likeness (QED) is 0.154. The van der Waals surface area contributed by atoms with Crippen LogP contribution in [0.2, 0.25) is 0 Å². The average Bonchev–Trinajstić information content (AvgIpc) is 3.35. The van der Waals surface area contributed by atoms with Gasteiger partial charge in [-0.3, -0.25) is 18.5 Å². The summed E-state index contributed by atoms with van der Waals surface area (Å²) in [4.78, 5) is 61.7. The van der Waals surface area contributed by atoms with E-state index in [1.54, 1.807) is 25.1 Å². The lowest BCUT2D eigenvalue weighted by Crippen LogP contribution is -2.43. The Morgan fingerprint density at radius 1 is 1.00 bits per heavy atom. The summed E-state index contributed by atoms with van der Waals surface area (Å²) < 4.78 is 57.9. The number of ether oxygens (including phenoxy) is 1. The fraction of sp³-hybridized carbons (Fsp3) is 0.389. The highest BCUT2D eigenvalue weighted by Crippen LogP contribution is 2.66. The molecule has 3 aromatic rings. The highest BCUT2D eigenvalue weighted by molar-refractivity contribution is 7.66. The highest BCUT2D eigenvalue weighted by Gasteiger charge is 2.47. The minimum atomic E-state index is -5.79. The van der Waals surface area contributed by atoms with Gasteiger partial charge in [-0.05, 0) is 18.6 Å². The monoisotopic (exact) mass is 629 g/mol. The van der Waals surface area contributed by atoms with Gasteiger partial charge < -0.3 is 39.0 Å². The first kappa shape index (κ1) is 30.6. The fourth-order valence-corrected chi connectivity index (χ4v) is 6.96. The maximum Gasteiger partial charge on any atom is 0.490 e. The second kappa shape index (κ2) is 11.2. The van der Waals surface area contributed by atoms with E-state index < -0.39 is 65.9 Å². The zero-order valence-electron chi connectivity index (χ0n) is 20.1. The third-order valence-corrected chi connectivity index (χ3v) is 9.41. The smallest absolute Gasteiger partial charge is 0.387 e. The number of benzene rings is 1. The first-order valence-corrected chi connectivity index (χ1v) is 15.5. The summed E-state index contributed by atoms with van der Waals surface area (Å²) in [5.74, 6) is 0. The SMILES string of the molecule is Cc1cccc2onc(Cn3c(=O)ccn([C@@H]4O[C@H](COP(=O)(O)OP(=O)(O)OP(=O)(O)O)[C@H](O)C4O)c3=O)c12. The van der Waals surface area contributed by atoms with Gasteiger partial charge in [0.05, 0.1) is 13.2 Å². The number of fused-ring (bicyclic) bond motifs is 1. The minimum absolute atomic E-state index is 0.270. The molecular weight excluding hydrogens is 607 g/mol. The number of hydrogen-bond acceptors (Lipinski definition) is 13. The predicted molar refractivity (Wildman–Crippen MR) is 129 cm³/mol. The largest absolute Gasteiger partial charge is 0.490 e. The molecule has 22 heteroatoms. The molecule has 40 heavy (non-hydrogen) atoms. The van der Waals surface area contributed by atoms with Crippen molar-refractivity contribution < 1.29 is 65.9 Å². The van der Waals surface area contributed by atoms with E-state index >= 15 is 0 Å². The standard InChI is InChI=1S/C18H22N3O16P3/c1-9-3-2-4-11-14(9)10(19-35-11)7-21-13(22)5-6-20(18(21)25)17-16(24)15(23)12(34-17)8-33-39(29,30)37-40(31,32)36-38(26,27)28/h2-6,12,15-17,23-24H,7-8H2,1H3,(H,29,30)(H,31,32)(H2,26,27,28)/t12-,15+,16?,17-/m1/s1. The molecule has 0 radical (unpaired) electrons. The van der Waals surface area contributed by atoms with Gasteiger partial charge in [0, 0.05) is 17.6 Å². The van der Waals surface area contributed by atoms with E-state index in [0.717, 1.165) is 27.0 Å². The molecule has 3 unspecified atom stereocenters. The van der Waals surface area contributed by atoms with Crippen LogP contribution in [0, 0.1) is 6.92 Å². The lowest BCUT2D eigenvalue weighted by atomic mass is 10.1. The van der Waals surface area contributed by atoms with Crippen LogP contribution in [0.5, 0.6) is 0 Å². The molecule has 2 aromatic heterocycles. The van der Waals surface area contributed by atoms with Crippen molar-refractivity contribution in [2.75, 3.05) is 6.61 Å². The molecule has 19 nitrogen and oxygen atoms in total. The number of aliphatic hydroxyl groups excluding tert-OH is 2. The van der Waals surface area contributed by atoms with Crippen molar-refractivity contribution >= 4 is 34.4 Å². The Morgan fingerprint density at radius 2 is 1.70 bits per heavy atom. The van der Waals surface area contributed by atoms with Gasteiger partial charge in [0.1, 0.15) is 24.0 Å². The Kier molecular flexibility index (Phi) is 8.53. The van der Waals surface area contributed by atoms with Crippen LogP contribution in [-0.2, 0) is 38.1 Å². The first-order valence-electron chi connectivity index (χ1n) is 10.9. The second-order valence-electron chi connectivity index (χ2n) is 8.44. The van der Waals surface area contributed by atoms with Gasteiger partial charge in [-0.2, -0.15) is 8.62 Å². The van der Waals surface area contributed by atoms with E-state index in [-0.39, 0.29) is 12.2 Å². The summed E-state index contributed by atoms with van der Waals surface area (Å²) in [6.07, 6.45) is -5.99. The molecule has 1 aromatic carbocycles. The molecule has 6 N–H and O–H groups in total. The Hall–Kier alpha value is -2.34. The molecule has 1 aliphatic rings. The van der Waals surface area contributed by atoms with Gasteiger partial charge in [0.15, 0.2) is 11.8 Å². The number of phosphoric ester groups is 1. The topological polar surface area (TPSA) is 280 Å². The van der Waals surface area contributed by atoms with E-state index in [9.17, 15) is 43.3 Å². The fourth-order valence-electron chi connectivity index (χ4n) is 3.93. The number of nitrogens with zero attached hydrogens (tertiary/aromatic N) is 3. The normalized spacial score (nSPS) is 24.7. The van der Waals surface area contributed by atoms with E-state index in [0.29, 0.717) is 11.0 Å². The van der Waals surface area contributed by atoms with Crippen molar-refractivity contribution in [3.8, 4) is 0 Å². The molecule has 0 bridgehead atoms. The Morgan fingerprint density at radius 3 is 2.38 bits per heavy atom. The van der Waals surface area contributed by atoms with Crippen molar-refractivity contribution in [2.45, 2.75) is 38.0 Å². The Bertz CT molecular complexity index is 1680. The van der Waals surface area contributed by atoms with Crippen LogP contribution in [-0.4, -0.2) is 69.0 Å². The zero-order chi connectivity index (χ0) is 29.6. The Labute approximate surface area is 222 Å². The van der Waals surface area contributed by atoms with Crippen molar-refractivity contribution in [3.05, 3.63) is 62.6 Å². The molecule has 4 rings (SSSR count). The van der Waals surface area contributed by atoms with E-state index in [1.165, 1.54) is 0 Å². The molecule has 0 aliphatic carbocycles. The van der Waals surface area contributed by atoms with Crippen LogP contribution in [0.25, 0.3) is 11.0 Å². The molecule has 1 fully saturated rings. The highest BCUT2D eigenvalue weighted by atomic mass is 31.3. The van der Waals surface area contributed by atoms with E-state index in [2.05, 4.69) is 18.3 Å². The van der Waals surface area contributed by atoms with Crippen molar-refractivity contribution in [2.24, 2.45) is 0 Å². The van der Waals surface area contributed by atoms with E-state index in [4.69, 9.17) is 19.0 Å². The lowest BCUT2D eigenvalue weighted by Gasteiger charge is -2.19. The van der Waals surface area contributed by atoms with Crippen molar-refractivity contribution in [3.63, 3.8) is 0 Å². The van der Waals surface area contributed by atoms with Gasteiger partial charge in [-0.15, -0.1) is 0 Å². The predicted octanol–water partition coefficient (Wildman–Crippen LogP) is -0.530. The number of aryl methyl sites for hydroxylation is 1. The Balaban J connectivity index is 1.52. The van der Waals surface area contributed by atoms with Crippen molar-refractivity contribution in [1.82, 2.24) is 14.3 Å². The van der Waals surface area contributed by atoms with Gasteiger partial charge in [-0.1, -0.05) is 17.3 Å². The molecule has 0 spiro atoms. The van der Waals surface area contributed by atoms with Crippen LogP contribution >= 0.6 is 23.5 Å². The summed E-state index contributed by atoms with van der Waals surface area (Å²) in [5, 5.41) is 25.3. The van der Waals surface area contributed by atoms with Crippen LogP contribution in [0.15, 0.2) is 44.6 Å². The molecule has 220 valence electrons. The van der Waals surface area contributed by atoms with Crippen LogP contribution in [0.3, 0.4) is 0 Å². The summed E-state index contributed by atoms with van der Waals surface area (Å²) in [5.41, 5.74) is -0.248. The van der Waals surface area contributed by atoms with Crippen molar-refractivity contribution in [1.29, 1.82) is 0 Å². The van der Waals surface area contributed by atoms with E-state index in [1.807, 2.05) is 0 Å². The summed E-state index contributed by atoms with van der Waals surface area (Å²) in [6, 6.07) is 6.15. The number of hydrogen-bond donors (Lipinski definition) is 6. The average molecular weight is 629 g/mol. The van der Waals surface area contributed by atoms with Crippen LogP contribution in [0.4, 0.5) is 0 Å². The number of rotatable bonds is 10. The number of phosphoric acid groups is 3. The first-order chi connectivity index (χ1) is 18.5. The van der Waals surface area contributed by atoms with Crippen LogP contribution in [0.1, 0.15) is 17.5 Å². The van der Waals surface area contributed by atoms with Gasteiger partial charge >= 0.3 is 29.2 Å². The lowest BCUT2D eigenvalue weighted by molar-refractivity contribution is -0.0547. The maximum absolute atomic E-state index is 13.2. The molecule has 6 atom stereocenters. The van der Waals surface area contributed by atoms with Gasteiger partial charge in [-0.25, -0.2) is 18.5 Å². The molecule has 0 saturated carbocycles. The third-order valence-electron chi connectivity index (χ3n) is 5.61. The third kappa shape index (κ3) is 6.75. The van der Waals surface area contributed by atoms with Crippen LogP contribution < -0.4 is 11.2 Å². The summed E-state index contributed by atoms with van der Waals surface area (Å²) in [6.45, 7) is 0.371. The molecule has 1 aliphatic heterocycles. The molecule has 3 heterocycles. The zero-order valence-corrected chi connectivity index (χ0v) is 22.7. The molecule has 1 saturated heterocycles. The molecular formula is C18H22N3O16P3. The van der Waals surface area contributed by atoms with Gasteiger partial charge in [0.25, 0.3) is 5.56 Å². The second-order valence-corrected chi connectivity index (χ2v) is 12.9. The summed E-state index contributed by atoms with van der Waals surface area (Å²) >= 11 is 0. The summed E-state index contributed by atoms with van der Waals surface area (Å²) in [7, 11) is -17.0. The van der Waals surface area contributed by atoms with Gasteiger partial charge in [0.2, 0.25) is 0 Å². The molecule has 0 amide bonds. The maximum atomic E-state index is 13.2. The minimum Gasteiger partial charge on any atom is -0.387 e. The number of aromatic nitrogens is 3.